The van der Waals surface area contributed by atoms with E-state index in [2.05, 4.69) is 43.1 Å². The quantitative estimate of drug-likeness (QED) is 0.676. The normalized spacial score (nSPS) is 16.6. The number of pyridine rings is 2. The third-order valence-electron chi connectivity index (χ3n) is 4.20. The van der Waals surface area contributed by atoms with E-state index < -0.39 is 5.60 Å². The lowest BCUT2D eigenvalue weighted by atomic mass is 10.1. The number of carbonyl (C=O) groups is 1. The fourth-order valence-corrected chi connectivity index (χ4v) is 3.11. The predicted molar refractivity (Wildman–Crippen MR) is 114 cm³/mol. The second-order valence-corrected chi connectivity index (χ2v) is 8.06. The minimum atomic E-state index is -0.681. The first-order valence-electron chi connectivity index (χ1n) is 9.33. The van der Waals surface area contributed by atoms with Crippen molar-refractivity contribution >= 4 is 33.3 Å². The first-order chi connectivity index (χ1) is 13.8. The SMILES string of the molecule is CC(C)(C#Cc1cc(NC(=O)c2cc(Br)cnc2N)ccn1)OC1CCCCO1. The zero-order chi connectivity index (χ0) is 20.9. The van der Waals surface area contributed by atoms with Crippen LogP contribution in [0, 0.1) is 11.8 Å². The van der Waals surface area contributed by atoms with Crippen molar-refractivity contribution in [2.24, 2.45) is 0 Å². The Bertz CT molecular complexity index is 946. The number of halogens is 1. The molecule has 1 saturated heterocycles. The first-order valence-corrected chi connectivity index (χ1v) is 10.1. The van der Waals surface area contributed by atoms with Crippen molar-refractivity contribution < 1.29 is 14.3 Å². The molecule has 0 spiro atoms. The summed E-state index contributed by atoms with van der Waals surface area (Å²) in [5.41, 5.74) is 6.47. The van der Waals surface area contributed by atoms with Crippen LogP contribution in [0.15, 0.2) is 35.1 Å². The molecule has 3 rings (SSSR count). The molecule has 3 N–H and O–H groups in total. The van der Waals surface area contributed by atoms with Gasteiger partial charge in [0.1, 0.15) is 17.1 Å². The Morgan fingerprint density at radius 2 is 2.21 bits per heavy atom. The van der Waals surface area contributed by atoms with Crippen LogP contribution >= 0.6 is 15.9 Å². The number of nitrogens with two attached hydrogens (primary N) is 1. The molecule has 152 valence electrons. The fourth-order valence-electron chi connectivity index (χ4n) is 2.78. The standard InChI is InChI=1S/C21H23BrN4O3/c1-21(2,29-18-5-3-4-10-28-18)8-6-15-12-16(7-9-24-15)26-20(27)17-11-14(22)13-25-19(17)23/h7,9,11-13,18H,3-5,10H2,1-2H3,(H2,23,25)(H,24,26,27). The average Bonchev–Trinajstić information content (AvgIpc) is 2.69. The third-order valence-corrected chi connectivity index (χ3v) is 4.64. The van der Waals surface area contributed by atoms with E-state index in [4.69, 9.17) is 15.2 Å². The Kier molecular flexibility index (Phi) is 6.85. The molecule has 0 bridgehead atoms. The van der Waals surface area contributed by atoms with Gasteiger partial charge in [0, 0.05) is 29.2 Å². The highest BCUT2D eigenvalue weighted by Gasteiger charge is 2.23. The van der Waals surface area contributed by atoms with Crippen molar-refractivity contribution in [2.45, 2.75) is 45.0 Å². The van der Waals surface area contributed by atoms with Gasteiger partial charge in [-0.25, -0.2) is 9.97 Å². The van der Waals surface area contributed by atoms with Gasteiger partial charge in [-0.1, -0.05) is 5.92 Å². The van der Waals surface area contributed by atoms with Crippen molar-refractivity contribution in [3.05, 3.63) is 46.3 Å². The lowest BCUT2D eigenvalue weighted by Gasteiger charge is -2.29. The maximum atomic E-state index is 12.5. The number of nitrogens with zero attached hydrogens (tertiary/aromatic N) is 2. The minimum absolute atomic E-state index is 0.156. The van der Waals surface area contributed by atoms with Gasteiger partial charge in [-0.2, -0.15) is 0 Å². The lowest BCUT2D eigenvalue weighted by Crippen LogP contribution is -2.33. The molecule has 1 unspecified atom stereocenters. The van der Waals surface area contributed by atoms with Crippen LogP contribution in [0.3, 0.4) is 0 Å². The first kappa shape index (κ1) is 21.2. The van der Waals surface area contributed by atoms with Crippen LogP contribution in [0.25, 0.3) is 0 Å². The maximum Gasteiger partial charge on any atom is 0.259 e. The van der Waals surface area contributed by atoms with Gasteiger partial charge in [0.15, 0.2) is 6.29 Å². The smallest absolute Gasteiger partial charge is 0.259 e. The van der Waals surface area contributed by atoms with Crippen LogP contribution < -0.4 is 11.1 Å². The summed E-state index contributed by atoms with van der Waals surface area (Å²) in [5, 5.41) is 2.79. The second-order valence-electron chi connectivity index (χ2n) is 7.14. The fraction of sp³-hybridized carbons (Fsp3) is 0.381. The molecule has 2 aromatic rings. The zero-order valence-electron chi connectivity index (χ0n) is 16.4. The van der Waals surface area contributed by atoms with E-state index in [1.807, 2.05) is 13.8 Å². The molecule has 0 aromatic carbocycles. The van der Waals surface area contributed by atoms with Crippen LogP contribution in [-0.2, 0) is 9.47 Å². The Hall–Kier alpha value is -2.47. The molecule has 1 amide bonds. The Balaban J connectivity index is 1.69. The van der Waals surface area contributed by atoms with Crippen molar-refractivity contribution in [2.75, 3.05) is 17.7 Å². The van der Waals surface area contributed by atoms with Crippen molar-refractivity contribution in [1.82, 2.24) is 9.97 Å². The summed E-state index contributed by atoms with van der Waals surface area (Å²) in [6.07, 6.45) is 5.93. The third kappa shape index (κ3) is 6.26. The number of hydrogen-bond donors (Lipinski definition) is 2. The Morgan fingerprint density at radius 1 is 1.38 bits per heavy atom. The van der Waals surface area contributed by atoms with Gasteiger partial charge in [-0.3, -0.25) is 4.79 Å². The van der Waals surface area contributed by atoms with Crippen molar-refractivity contribution in [3.8, 4) is 11.8 Å². The molecule has 1 fully saturated rings. The number of aromatic nitrogens is 2. The van der Waals surface area contributed by atoms with Gasteiger partial charge in [0.25, 0.3) is 5.91 Å². The molecular weight excluding hydrogens is 436 g/mol. The summed E-state index contributed by atoms with van der Waals surface area (Å²) in [6, 6.07) is 4.99. The second kappa shape index (κ2) is 9.35. The minimum Gasteiger partial charge on any atom is -0.383 e. The number of rotatable bonds is 4. The van der Waals surface area contributed by atoms with E-state index in [0.29, 0.717) is 15.9 Å². The Morgan fingerprint density at radius 3 is 2.97 bits per heavy atom. The largest absolute Gasteiger partial charge is 0.383 e. The topological polar surface area (TPSA) is 99.4 Å². The monoisotopic (exact) mass is 458 g/mol. The zero-order valence-corrected chi connectivity index (χ0v) is 18.0. The molecule has 2 aromatic heterocycles. The number of anilines is 2. The molecule has 0 radical (unpaired) electrons. The molecule has 29 heavy (non-hydrogen) atoms. The summed E-state index contributed by atoms with van der Waals surface area (Å²) >= 11 is 3.29. The molecular formula is C21H23BrN4O3. The number of amides is 1. The molecule has 8 heteroatoms. The summed E-state index contributed by atoms with van der Waals surface area (Å²) in [4.78, 5) is 20.7. The molecule has 0 aliphatic carbocycles. The van der Waals surface area contributed by atoms with E-state index in [-0.39, 0.29) is 23.6 Å². The van der Waals surface area contributed by atoms with Gasteiger partial charge < -0.3 is 20.5 Å². The number of hydrogen-bond acceptors (Lipinski definition) is 6. The predicted octanol–water partition coefficient (Wildman–Crippen LogP) is 3.75. The highest BCUT2D eigenvalue weighted by Crippen LogP contribution is 2.21. The highest BCUT2D eigenvalue weighted by atomic mass is 79.9. The lowest BCUT2D eigenvalue weighted by molar-refractivity contribution is -0.199. The highest BCUT2D eigenvalue weighted by molar-refractivity contribution is 9.10. The molecule has 1 aliphatic rings. The van der Waals surface area contributed by atoms with Crippen LogP contribution in [0.4, 0.5) is 11.5 Å². The van der Waals surface area contributed by atoms with Gasteiger partial charge in [-0.05, 0) is 73.2 Å². The van der Waals surface area contributed by atoms with Crippen LogP contribution in [-0.4, -0.2) is 34.4 Å². The summed E-state index contributed by atoms with van der Waals surface area (Å²) in [6.45, 7) is 4.51. The van der Waals surface area contributed by atoms with E-state index in [9.17, 15) is 4.79 Å². The molecule has 7 nitrogen and oxygen atoms in total. The van der Waals surface area contributed by atoms with Gasteiger partial charge in [0.05, 0.1) is 5.56 Å². The van der Waals surface area contributed by atoms with E-state index >= 15 is 0 Å². The van der Waals surface area contributed by atoms with E-state index in [1.165, 1.54) is 6.20 Å². The number of carbonyl (C=O) groups excluding carboxylic acids is 1. The van der Waals surface area contributed by atoms with Crippen LogP contribution in [0.5, 0.6) is 0 Å². The molecule has 1 atom stereocenters. The number of nitrogen functional groups attached to an aromatic ring is 1. The van der Waals surface area contributed by atoms with E-state index in [0.717, 1.165) is 25.9 Å². The van der Waals surface area contributed by atoms with Gasteiger partial charge in [-0.15, -0.1) is 0 Å². The van der Waals surface area contributed by atoms with Crippen molar-refractivity contribution in [1.29, 1.82) is 0 Å². The summed E-state index contributed by atoms with van der Waals surface area (Å²) < 4.78 is 12.2. The van der Waals surface area contributed by atoms with Crippen LogP contribution in [0.2, 0.25) is 0 Å². The van der Waals surface area contributed by atoms with Gasteiger partial charge >= 0.3 is 0 Å². The summed E-state index contributed by atoms with van der Waals surface area (Å²) in [5.74, 6) is 5.89. The Labute approximate surface area is 178 Å². The number of nitrogens with one attached hydrogen (secondary N) is 1. The number of ether oxygens (including phenoxy) is 2. The van der Waals surface area contributed by atoms with E-state index in [1.54, 1.807) is 24.4 Å². The molecule has 3 heterocycles. The average molecular weight is 459 g/mol. The van der Waals surface area contributed by atoms with Gasteiger partial charge in [0.2, 0.25) is 0 Å². The van der Waals surface area contributed by atoms with Crippen molar-refractivity contribution in [3.63, 3.8) is 0 Å². The molecule has 1 aliphatic heterocycles. The maximum absolute atomic E-state index is 12.5. The molecule has 0 saturated carbocycles. The van der Waals surface area contributed by atoms with Crippen LogP contribution in [0.1, 0.15) is 49.2 Å². The summed E-state index contributed by atoms with van der Waals surface area (Å²) in [7, 11) is 0.